The fraction of sp³-hybridized carbons (Fsp3) is 0.152. The highest BCUT2D eigenvalue weighted by Gasteiger charge is 2.38. The molecule has 2 aliphatic rings. The Bertz CT molecular complexity index is 1630. The fourth-order valence-electron chi connectivity index (χ4n) is 6.02. The van der Waals surface area contributed by atoms with E-state index in [0.717, 1.165) is 6.42 Å². The Morgan fingerprint density at radius 1 is 0.800 bits per heavy atom. The number of aromatic amines is 1. The van der Waals surface area contributed by atoms with Crippen molar-refractivity contribution in [1.29, 1.82) is 0 Å². The van der Waals surface area contributed by atoms with Crippen LogP contribution in [0.15, 0.2) is 109 Å². The molecule has 1 aromatic heterocycles. The monoisotopic (exact) mass is 452 g/mol. The van der Waals surface area contributed by atoms with Crippen LogP contribution in [0.2, 0.25) is 0 Å². The van der Waals surface area contributed by atoms with Crippen molar-refractivity contribution in [2.24, 2.45) is 0 Å². The number of H-pyrrole nitrogens is 1. The molecule has 170 valence electrons. The van der Waals surface area contributed by atoms with Gasteiger partial charge in [0.2, 0.25) is 0 Å². The molecule has 0 bridgehead atoms. The number of rotatable bonds is 4. The van der Waals surface area contributed by atoms with Gasteiger partial charge >= 0.3 is 0 Å². The van der Waals surface area contributed by atoms with Crippen molar-refractivity contribution < 1.29 is 0 Å². The van der Waals surface area contributed by atoms with Gasteiger partial charge in [-0.25, -0.2) is 0 Å². The minimum atomic E-state index is 0.296. The average Bonchev–Trinajstić information content (AvgIpc) is 3.44. The van der Waals surface area contributed by atoms with Gasteiger partial charge in [0, 0.05) is 39.1 Å². The van der Waals surface area contributed by atoms with E-state index in [1.54, 1.807) is 0 Å². The number of nitrogens with zero attached hydrogens (tertiary/aromatic N) is 1. The molecule has 2 unspecified atom stereocenters. The standard InChI is InChI=1S/C33H28N2/c1-2-8-22-9-7-10-25(19-22)35-32-14-6-4-12-27(32)29-21-24(16-18-33(29)35)23-15-17-31-28(20-23)26-11-3-5-13-30(26)34-31/h3-7,9-21,29,33-34H,2,8H2,1H3. The van der Waals surface area contributed by atoms with Gasteiger partial charge in [-0.15, -0.1) is 0 Å². The molecule has 2 heterocycles. The third kappa shape index (κ3) is 3.24. The lowest BCUT2D eigenvalue weighted by atomic mass is 9.86. The predicted molar refractivity (Wildman–Crippen MR) is 148 cm³/mol. The van der Waals surface area contributed by atoms with Gasteiger partial charge in [0.1, 0.15) is 0 Å². The van der Waals surface area contributed by atoms with Crippen LogP contribution in [-0.4, -0.2) is 11.0 Å². The minimum Gasteiger partial charge on any atom is -0.355 e. The van der Waals surface area contributed by atoms with Crippen molar-refractivity contribution >= 4 is 38.8 Å². The number of nitrogens with one attached hydrogen (secondary N) is 1. The molecular weight excluding hydrogens is 424 g/mol. The Morgan fingerprint density at radius 3 is 2.60 bits per heavy atom. The topological polar surface area (TPSA) is 19.0 Å². The van der Waals surface area contributed by atoms with Gasteiger partial charge in [-0.1, -0.05) is 86.2 Å². The largest absolute Gasteiger partial charge is 0.355 e. The second-order valence-electron chi connectivity index (χ2n) is 9.78. The van der Waals surface area contributed by atoms with Crippen LogP contribution < -0.4 is 4.90 Å². The van der Waals surface area contributed by atoms with Gasteiger partial charge in [0.15, 0.2) is 0 Å². The molecule has 1 aliphatic carbocycles. The van der Waals surface area contributed by atoms with Crippen LogP contribution in [0.25, 0.3) is 27.4 Å². The number of hydrogen-bond donors (Lipinski definition) is 1. The molecule has 35 heavy (non-hydrogen) atoms. The summed E-state index contributed by atoms with van der Waals surface area (Å²) >= 11 is 0. The third-order valence-corrected chi connectivity index (χ3v) is 7.62. The van der Waals surface area contributed by atoms with Crippen LogP contribution >= 0.6 is 0 Å². The number of fused-ring (bicyclic) bond motifs is 6. The first-order valence-electron chi connectivity index (χ1n) is 12.7. The summed E-state index contributed by atoms with van der Waals surface area (Å²) in [6, 6.07) is 33.7. The lowest BCUT2D eigenvalue weighted by molar-refractivity contribution is 0.746. The SMILES string of the molecule is CCCc1cccc(N2c3ccccc3C3C=C(c4ccc5[nH]c6ccccc6c5c4)C=CC32)c1. The predicted octanol–water partition coefficient (Wildman–Crippen LogP) is 8.53. The molecule has 2 heteroatoms. The quantitative estimate of drug-likeness (QED) is 0.289. The van der Waals surface area contributed by atoms with Gasteiger partial charge in [-0.05, 0) is 65.1 Å². The number of para-hydroxylation sites is 2. The molecule has 1 N–H and O–H groups in total. The Balaban J connectivity index is 1.31. The van der Waals surface area contributed by atoms with E-state index >= 15 is 0 Å². The average molecular weight is 453 g/mol. The highest BCUT2D eigenvalue weighted by molar-refractivity contribution is 6.08. The van der Waals surface area contributed by atoms with Crippen LogP contribution in [0.3, 0.4) is 0 Å². The zero-order valence-electron chi connectivity index (χ0n) is 19.9. The molecule has 2 nitrogen and oxygen atoms in total. The highest BCUT2D eigenvalue weighted by Crippen LogP contribution is 2.49. The molecule has 0 saturated heterocycles. The van der Waals surface area contributed by atoms with E-state index < -0.39 is 0 Å². The maximum absolute atomic E-state index is 3.55. The summed E-state index contributed by atoms with van der Waals surface area (Å²) in [5.41, 5.74) is 10.4. The molecular formula is C33H28N2. The van der Waals surface area contributed by atoms with Crippen LogP contribution in [-0.2, 0) is 6.42 Å². The molecule has 0 spiro atoms. The number of hydrogen-bond acceptors (Lipinski definition) is 1. The molecule has 0 fully saturated rings. The van der Waals surface area contributed by atoms with E-state index in [4.69, 9.17) is 0 Å². The summed E-state index contributed by atoms with van der Waals surface area (Å²) in [6.07, 6.45) is 9.50. The van der Waals surface area contributed by atoms with E-state index in [-0.39, 0.29) is 0 Å². The van der Waals surface area contributed by atoms with Crippen molar-refractivity contribution in [2.45, 2.75) is 31.7 Å². The lowest BCUT2D eigenvalue weighted by Crippen LogP contribution is -2.29. The normalized spacial score (nSPS) is 18.7. The molecule has 4 aromatic carbocycles. The summed E-state index contributed by atoms with van der Waals surface area (Å²) in [6.45, 7) is 2.25. The van der Waals surface area contributed by atoms with Crippen molar-refractivity contribution in [3.8, 4) is 0 Å². The van der Waals surface area contributed by atoms with Crippen molar-refractivity contribution in [1.82, 2.24) is 4.98 Å². The maximum atomic E-state index is 3.55. The van der Waals surface area contributed by atoms with Crippen molar-refractivity contribution in [3.05, 3.63) is 126 Å². The van der Waals surface area contributed by atoms with Gasteiger partial charge in [0.05, 0.1) is 6.04 Å². The smallest absolute Gasteiger partial charge is 0.0630 e. The molecule has 7 rings (SSSR count). The Hall–Kier alpha value is -4.04. The Labute approximate surface area is 206 Å². The van der Waals surface area contributed by atoms with Crippen molar-refractivity contribution in [3.63, 3.8) is 0 Å². The Kier molecular flexibility index (Phi) is 4.66. The number of aryl methyl sites for hydroxylation is 1. The molecule has 2 atom stereocenters. The van der Waals surface area contributed by atoms with Gasteiger partial charge in [-0.2, -0.15) is 0 Å². The summed E-state index contributed by atoms with van der Waals surface area (Å²) in [5.74, 6) is 0.333. The molecule has 0 amide bonds. The number of anilines is 2. The summed E-state index contributed by atoms with van der Waals surface area (Å²) in [7, 11) is 0. The second kappa shape index (κ2) is 8.02. The summed E-state index contributed by atoms with van der Waals surface area (Å²) < 4.78 is 0. The zero-order valence-corrected chi connectivity index (χ0v) is 19.9. The van der Waals surface area contributed by atoms with Gasteiger partial charge in [-0.3, -0.25) is 0 Å². The van der Waals surface area contributed by atoms with E-state index in [2.05, 4.69) is 126 Å². The van der Waals surface area contributed by atoms with Crippen LogP contribution in [0.5, 0.6) is 0 Å². The minimum absolute atomic E-state index is 0.296. The second-order valence-corrected chi connectivity index (χ2v) is 9.78. The Morgan fingerprint density at radius 2 is 1.66 bits per heavy atom. The van der Waals surface area contributed by atoms with Gasteiger partial charge < -0.3 is 9.88 Å². The molecule has 0 saturated carbocycles. The fourth-order valence-corrected chi connectivity index (χ4v) is 6.02. The zero-order chi connectivity index (χ0) is 23.4. The van der Waals surface area contributed by atoms with Gasteiger partial charge in [0.25, 0.3) is 0 Å². The molecule has 0 radical (unpaired) electrons. The van der Waals surface area contributed by atoms with E-state index in [0.29, 0.717) is 12.0 Å². The van der Waals surface area contributed by atoms with Crippen LogP contribution in [0.1, 0.15) is 36.0 Å². The molecule has 5 aromatic rings. The first-order valence-corrected chi connectivity index (χ1v) is 12.7. The van der Waals surface area contributed by atoms with E-state index in [1.165, 1.54) is 61.9 Å². The third-order valence-electron chi connectivity index (χ3n) is 7.62. The summed E-state index contributed by atoms with van der Waals surface area (Å²) in [4.78, 5) is 6.08. The lowest BCUT2D eigenvalue weighted by Gasteiger charge is -2.30. The van der Waals surface area contributed by atoms with Crippen LogP contribution in [0.4, 0.5) is 11.4 Å². The maximum Gasteiger partial charge on any atom is 0.0630 e. The number of aromatic nitrogens is 1. The number of benzene rings is 4. The van der Waals surface area contributed by atoms with Crippen LogP contribution in [0, 0.1) is 0 Å². The first kappa shape index (κ1) is 20.3. The summed E-state index contributed by atoms with van der Waals surface area (Å²) in [5, 5.41) is 2.57. The van der Waals surface area contributed by atoms with E-state index in [9.17, 15) is 0 Å². The van der Waals surface area contributed by atoms with E-state index in [1.807, 2.05) is 0 Å². The number of allylic oxidation sites excluding steroid dienone is 2. The highest BCUT2D eigenvalue weighted by atomic mass is 15.2. The first-order chi connectivity index (χ1) is 17.3. The molecule has 1 aliphatic heterocycles. The van der Waals surface area contributed by atoms with Crippen molar-refractivity contribution in [2.75, 3.05) is 4.90 Å².